The molecule has 0 amide bonds. The molecule has 0 unspecified atom stereocenters. The van der Waals surface area contributed by atoms with Crippen molar-refractivity contribution in [3.8, 4) is 29.0 Å². The third kappa shape index (κ3) is 4.05. The van der Waals surface area contributed by atoms with Gasteiger partial charge in [-0.25, -0.2) is 4.98 Å². The zero-order chi connectivity index (χ0) is 21.8. The number of fused-ring (bicyclic) bond motifs is 1. The highest BCUT2D eigenvalue weighted by molar-refractivity contribution is 7.98. The van der Waals surface area contributed by atoms with Crippen LogP contribution in [0.25, 0.3) is 22.0 Å². The van der Waals surface area contributed by atoms with Crippen LogP contribution in [0.3, 0.4) is 0 Å². The summed E-state index contributed by atoms with van der Waals surface area (Å²) in [6, 6.07) is 19.8. The Hall–Kier alpha value is -3.94. The van der Waals surface area contributed by atoms with Gasteiger partial charge in [-0.05, 0) is 47.7 Å². The molecule has 2 heterocycles. The fourth-order valence-electron chi connectivity index (χ4n) is 3.41. The first-order valence-electron chi connectivity index (χ1n) is 9.70. The predicted molar refractivity (Wildman–Crippen MR) is 123 cm³/mol. The van der Waals surface area contributed by atoms with Crippen LogP contribution in [0.4, 0.5) is 5.82 Å². The highest BCUT2D eigenvalue weighted by Gasteiger charge is 2.20. The molecule has 0 aliphatic rings. The van der Waals surface area contributed by atoms with Crippen molar-refractivity contribution in [1.29, 1.82) is 10.5 Å². The van der Waals surface area contributed by atoms with Gasteiger partial charge in [-0.1, -0.05) is 24.3 Å². The molecule has 0 saturated heterocycles. The Balaban J connectivity index is 1.73. The maximum Gasteiger partial charge on any atom is 0.143 e. The van der Waals surface area contributed by atoms with E-state index < -0.39 is 0 Å². The van der Waals surface area contributed by atoms with Gasteiger partial charge in [0.15, 0.2) is 0 Å². The summed E-state index contributed by atoms with van der Waals surface area (Å²) in [6.07, 6.45) is 1.90. The summed E-state index contributed by atoms with van der Waals surface area (Å²) in [5, 5.41) is 21.3. The predicted octanol–water partition coefficient (Wildman–Crippen LogP) is 5.25. The average Bonchev–Trinajstić information content (AvgIpc) is 3.26. The van der Waals surface area contributed by atoms with Gasteiger partial charge in [-0.2, -0.15) is 10.5 Å². The lowest BCUT2D eigenvalue weighted by Crippen LogP contribution is -2.03. The van der Waals surface area contributed by atoms with Crippen LogP contribution in [0, 0.1) is 22.7 Å². The van der Waals surface area contributed by atoms with Gasteiger partial charge < -0.3 is 15.5 Å². The van der Waals surface area contributed by atoms with Crippen LogP contribution in [0.15, 0.2) is 59.8 Å². The first-order chi connectivity index (χ1) is 15.1. The van der Waals surface area contributed by atoms with E-state index in [1.165, 1.54) is 11.8 Å². The van der Waals surface area contributed by atoms with E-state index in [2.05, 4.69) is 40.3 Å². The van der Waals surface area contributed by atoms with E-state index >= 15 is 0 Å². The van der Waals surface area contributed by atoms with E-state index in [-0.39, 0.29) is 11.4 Å². The molecule has 2 aromatic carbocycles. The number of hydrogen-bond acceptors (Lipinski definition) is 6. The molecule has 0 bridgehead atoms. The maximum absolute atomic E-state index is 9.94. The number of benzene rings is 2. The average molecular weight is 426 g/mol. The van der Waals surface area contributed by atoms with Crippen molar-refractivity contribution in [1.82, 2.24) is 9.97 Å². The van der Waals surface area contributed by atoms with E-state index in [0.717, 1.165) is 27.8 Å². The second kappa shape index (κ2) is 8.83. The number of aromatic amines is 1. The van der Waals surface area contributed by atoms with Gasteiger partial charge in [0, 0.05) is 23.0 Å². The van der Waals surface area contributed by atoms with Gasteiger partial charge in [-0.3, -0.25) is 0 Å². The highest BCUT2D eigenvalue weighted by Crippen LogP contribution is 2.37. The molecular formula is C24H19N5OS. The number of ether oxygens (including phenoxy) is 1. The van der Waals surface area contributed by atoms with Crippen LogP contribution in [0.1, 0.15) is 23.6 Å². The molecule has 0 aliphatic carbocycles. The molecule has 0 atom stereocenters. The number of nitrogen functional groups attached to an aromatic ring is 1. The Kier molecular flexibility index (Phi) is 5.79. The smallest absolute Gasteiger partial charge is 0.143 e. The quantitative estimate of drug-likeness (QED) is 0.408. The van der Waals surface area contributed by atoms with E-state index in [0.29, 0.717) is 28.5 Å². The fourth-order valence-corrected chi connectivity index (χ4v) is 4.35. The maximum atomic E-state index is 9.94. The number of rotatable bonds is 6. The molecule has 0 aliphatic heterocycles. The van der Waals surface area contributed by atoms with Crippen LogP contribution in [0.2, 0.25) is 0 Å². The molecule has 4 rings (SSSR count). The summed E-state index contributed by atoms with van der Waals surface area (Å²) in [6.45, 7) is 2.47. The van der Waals surface area contributed by atoms with Gasteiger partial charge in [-0.15, -0.1) is 11.8 Å². The summed E-state index contributed by atoms with van der Waals surface area (Å²) in [5.74, 6) is 1.46. The topological polar surface area (TPSA) is 112 Å². The summed E-state index contributed by atoms with van der Waals surface area (Å²) in [4.78, 5) is 7.58. The Labute approximate surface area is 184 Å². The Morgan fingerprint density at radius 1 is 1.06 bits per heavy atom. The lowest BCUT2D eigenvalue weighted by molar-refractivity contribution is 0.340. The first kappa shape index (κ1) is 20.3. The standard InChI is InChI=1S/C24H19N5OS/c1-2-30-18-7-5-17(6-8-18)22-19(12-25)23(27)29-24(20(22)13-26)31-14-15-3-4-16-9-10-28-21(16)11-15/h3-11,28H,2,14H2,1H3,(H2,27,29). The number of H-pyrrole nitrogens is 1. The van der Waals surface area contributed by atoms with Crippen molar-refractivity contribution in [3.63, 3.8) is 0 Å². The summed E-state index contributed by atoms with van der Waals surface area (Å²) >= 11 is 1.43. The van der Waals surface area contributed by atoms with E-state index in [4.69, 9.17) is 10.5 Å². The van der Waals surface area contributed by atoms with Crippen LogP contribution >= 0.6 is 11.8 Å². The summed E-state index contributed by atoms with van der Waals surface area (Å²) in [7, 11) is 0. The zero-order valence-corrected chi connectivity index (χ0v) is 17.7. The number of nitrogens with one attached hydrogen (secondary N) is 1. The first-order valence-corrected chi connectivity index (χ1v) is 10.7. The van der Waals surface area contributed by atoms with Crippen LogP contribution in [0.5, 0.6) is 5.75 Å². The number of nitriles is 2. The molecule has 2 aromatic heterocycles. The second-order valence-electron chi connectivity index (χ2n) is 6.80. The third-order valence-electron chi connectivity index (χ3n) is 4.86. The number of aromatic nitrogens is 2. The monoisotopic (exact) mass is 425 g/mol. The molecule has 0 radical (unpaired) electrons. The van der Waals surface area contributed by atoms with Crippen molar-refractivity contribution in [2.75, 3.05) is 12.3 Å². The number of pyridine rings is 1. The van der Waals surface area contributed by atoms with Crippen LogP contribution < -0.4 is 10.5 Å². The lowest BCUT2D eigenvalue weighted by Gasteiger charge is -2.13. The fraction of sp³-hybridized carbons (Fsp3) is 0.125. The Morgan fingerprint density at radius 3 is 2.55 bits per heavy atom. The number of nitrogens with two attached hydrogens (primary N) is 1. The molecule has 3 N–H and O–H groups in total. The molecule has 0 saturated carbocycles. The van der Waals surface area contributed by atoms with Gasteiger partial charge in [0.1, 0.15) is 34.3 Å². The van der Waals surface area contributed by atoms with E-state index in [1.807, 2.05) is 43.5 Å². The van der Waals surface area contributed by atoms with Gasteiger partial charge in [0.05, 0.1) is 12.2 Å². The van der Waals surface area contributed by atoms with E-state index in [9.17, 15) is 10.5 Å². The highest BCUT2D eigenvalue weighted by atomic mass is 32.2. The minimum atomic E-state index is 0.118. The van der Waals surface area contributed by atoms with Crippen molar-refractivity contribution < 1.29 is 4.74 Å². The molecule has 0 spiro atoms. The van der Waals surface area contributed by atoms with E-state index in [1.54, 1.807) is 0 Å². The summed E-state index contributed by atoms with van der Waals surface area (Å²) < 4.78 is 5.50. The zero-order valence-electron chi connectivity index (χ0n) is 16.8. The second-order valence-corrected chi connectivity index (χ2v) is 7.76. The largest absolute Gasteiger partial charge is 0.494 e. The lowest BCUT2D eigenvalue weighted by atomic mass is 9.97. The van der Waals surface area contributed by atoms with Crippen molar-refractivity contribution >= 4 is 28.5 Å². The molecule has 7 heteroatoms. The molecule has 31 heavy (non-hydrogen) atoms. The number of thioether (sulfide) groups is 1. The van der Waals surface area contributed by atoms with Crippen molar-refractivity contribution in [3.05, 3.63) is 71.4 Å². The van der Waals surface area contributed by atoms with Gasteiger partial charge in [0.2, 0.25) is 0 Å². The van der Waals surface area contributed by atoms with Crippen molar-refractivity contribution in [2.24, 2.45) is 0 Å². The molecule has 6 nitrogen and oxygen atoms in total. The van der Waals surface area contributed by atoms with Gasteiger partial charge in [0.25, 0.3) is 0 Å². The van der Waals surface area contributed by atoms with Crippen molar-refractivity contribution in [2.45, 2.75) is 17.7 Å². The molecular weight excluding hydrogens is 406 g/mol. The molecule has 152 valence electrons. The molecule has 0 fully saturated rings. The minimum absolute atomic E-state index is 0.118. The van der Waals surface area contributed by atoms with Gasteiger partial charge >= 0.3 is 0 Å². The minimum Gasteiger partial charge on any atom is -0.494 e. The normalized spacial score (nSPS) is 10.5. The third-order valence-corrected chi connectivity index (χ3v) is 5.91. The summed E-state index contributed by atoms with van der Waals surface area (Å²) in [5.41, 5.74) is 10.0. The Morgan fingerprint density at radius 2 is 1.84 bits per heavy atom. The van der Waals surface area contributed by atoms with Crippen LogP contribution in [-0.2, 0) is 5.75 Å². The Bertz CT molecular complexity index is 1330. The number of anilines is 1. The molecule has 4 aromatic rings. The van der Waals surface area contributed by atoms with Crippen LogP contribution in [-0.4, -0.2) is 16.6 Å². The number of nitrogens with zero attached hydrogens (tertiary/aromatic N) is 3. The SMILES string of the molecule is CCOc1ccc(-c2c(C#N)c(N)nc(SCc3ccc4cc[nH]c4c3)c2C#N)cc1. The number of hydrogen-bond donors (Lipinski definition) is 2.